The lowest BCUT2D eigenvalue weighted by Gasteiger charge is -2.34. The van der Waals surface area contributed by atoms with Crippen molar-refractivity contribution in [3.63, 3.8) is 0 Å². The normalized spacial score (nSPS) is 25.2. The fraction of sp³-hybridized carbons (Fsp3) is 0.643. The lowest BCUT2D eigenvalue weighted by Crippen LogP contribution is -2.40. The van der Waals surface area contributed by atoms with Crippen molar-refractivity contribution >= 4 is 28.9 Å². The molecular formula is C14H21NOS2. The van der Waals surface area contributed by atoms with E-state index >= 15 is 0 Å². The molecule has 1 aliphatic heterocycles. The second-order valence-corrected chi connectivity index (χ2v) is 7.85. The molecule has 2 rings (SSSR count). The van der Waals surface area contributed by atoms with Crippen molar-refractivity contribution in [1.29, 1.82) is 0 Å². The number of nitrogens with zero attached hydrogens (tertiary/aromatic N) is 1. The molecule has 0 amide bonds. The van der Waals surface area contributed by atoms with Crippen LogP contribution in [0, 0.1) is 0 Å². The standard InChI is InChI=1S/C14H21NOS2/c1-11-9-15(10-12(2)18-11)7-3-5-13(16)14-6-4-8-17-14/h4,6,8,11-12H,3,5,7,9-10H2,1-2H3. The van der Waals surface area contributed by atoms with Gasteiger partial charge < -0.3 is 4.90 Å². The van der Waals surface area contributed by atoms with Crippen LogP contribution in [0.15, 0.2) is 17.5 Å². The summed E-state index contributed by atoms with van der Waals surface area (Å²) in [6.45, 7) is 7.99. The van der Waals surface area contributed by atoms with Crippen LogP contribution in [0.2, 0.25) is 0 Å². The zero-order chi connectivity index (χ0) is 13.0. The predicted octanol–water partition coefficient (Wildman–Crippen LogP) is 3.54. The molecule has 2 atom stereocenters. The van der Waals surface area contributed by atoms with Crippen LogP contribution in [0.4, 0.5) is 0 Å². The SMILES string of the molecule is CC1CN(CCCC(=O)c2cccs2)CC(C)S1. The molecule has 1 aliphatic rings. The zero-order valence-electron chi connectivity index (χ0n) is 11.1. The molecule has 1 aromatic rings. The summed E-state index contributed by atoms with van der Waals surface area (Å²) in [6.07, 6.45) is 1.67. The van der Waals surface area contributed by atoms with E-state index in [2.05, 4.69) is 30.5 Å². The Morgan fingerprint density at radius 2 is 2.11 bits per heavy atom. The van der Waals surface area contributed by atoms with E-state index in [-0.39, 0.29) is 0 Å². The number of thiophene rings is 1. The molecule has 0 N–H and O–H groups in total. The highest BCUT2D eigenvalue weighted by Crippen LogP contribution is 2.24. The van der Waals surface area contributed by atoms with Crippen molar-refractivity contribution in [1.82, 2.24) is 4.90 Å². The van der Waals surface area contributed by atoms with Crippen LogP contribution in [0.3, 0.4) is 0 Å². The summed E-state index contributed by atoms with van der Waals surface area (Å²) in [5, 5.41) is 3.42. The predicted molar refractivity (Wildman–Crippen MR) is 80.8 cm³/mol. The largest absolute Gasteiger partial charge is 0.301 e. The highest BCUT2D eigenvalue weighted by molar-refractivity contribution is 8.00. The Kier molecular flexibility index (Phi) is 5.27. The van der Waals surface area contributed by atoms with Crippen LogP contribution in [0.5, 0.6) is 0 Å². The first-order valence-corrected chi connectivity index (χ1v) is 8.42. The number of rotatable bonds is 5. The van der Waals surface area contributed by atoms with Crippen molar-refractivity contribution < 1.29 is 4.79 Å². The molecule has 2 heterocycles. The third-order valence-corrected chi connectivity index (χ3v) is 5.31. The average molecular weight is 283 g/mol. The first-order valence-electron chi connectivity index (χ1n) is 6.59. The van der Waals surface area contributed by atoms with Crippen LogP contribution < -0.4 is 0 Å². The number of hydrogen-bond acceptors (Lipinski definition) is 4. The zero-order valence-corrected chi connectivity index (χ0v) is 12.7. The summed E-state index contributed by atoms with van der Waals surface area (Å²) in [4.78, 5) is 15.3. The molecule has 2 nitrogen and oxygen atoms in total. The smallest absolute Gasteiger partial charge is 0.172 e. The molecule has 2 unspecified atom stereocenters. The van der Waals surface area contributed by atoms with Gasteiger partial charge in [-0.05, 0) is 24.4 Å². The number of Topliss-reactive ketones (excluding diaryl/α,β-unsaturated/α-hetero) is 1. The second-order valence-electron chi connectivity index (χ2n) is 5.02. The van der Waals surface area contributed by atoms with Gasteiger partial charge in [0.1, 0.15) is 0 Å². The van der Waals surface area contributed by atoms with E-state index in [1.807, 2.05) is 17.5 Å². The first kappa shape index (κ1) is 14.1. The third-order valence-electron chi connectivity index (χ3n) is 3.17. The minimum atomic E-state index is 0.303. The Labute approximate surface area is 118 Å². The van der Waals surface area contributed by atoms with E-state index in [0.717, 1.165) is 28.3 Å². The minimum absolute atomic E-state index is 0.303. The fourth-order valence-corrected chi connectivity index (χ4v) is 4.57. The van der Waals surface area contributed by atoms with Gasteiger partial charge in [0, 0.05) is 30.0 Å². The minimum Gasteiger partial charge on any atom is -0.301 e. The van der Waals surface area contributed by atoms with E-state index in [9.17, 15) is 4.79 Å². The molecule has 0 saturated carbocycles. The molecule has 1 saturated heterocycles. The van der Waals surface area contributed by atoms with Crippen LogP contribution >= 0.6 is 23.1 Å². The Hall–Kier alpha value is -0.320. The van der Waals surface area contributed by atoms with Gasteiger partial charge in [-0.3, -0.25) is 4.79 Å². The highest BCUT2D eigenvalue weighted by Gasteiger charge is 2.21. The number of hydrogen-bond donors (Lipinski definition) is 0. The van der Waals surface area contributed by atoms with E-state index in [1.165, 1.54) is 13.1 Å². The van der Waals surface area contributed by atoms with Crippen molar-refractivity contribution in [2.45, 2.75) is 37.2 Å². The Morgan fingerprint density at radius 3 is 2.72 bits per heavy atom. The van der Waals surface area contributed by atoms with Gasteiger partial charge in [0.15, 0.2) is 5.78 Å². The fourth-order valence-electron chi connectivity index (χ4n) is 2.49. The molecule has 1 aromatic heterocycles. The first-order chi connectivity index (χ1) is 8.65. The Balaban J connectivity index is 1.70. The van der Waals surface area contributed by atoms with Gasteiger partial charge in [0.05, 0.1) is 4.88 Å². The number of carbonyl (C=O) groups excluding carboxylic acids is 1. The second kappa shape index (κ2) is 6.73. The molecule has 0 spiro atoms. The van der Waals surface area contributed by atoms with Crippen LogP contribution in [0.1, 0.15) is 36.4 Å². The third kappa shape index (κ3) is 4.11. The molecule has 1 fully saturated rings. The lowest BCUT2D eigenvalue weighted by molar-refractivity contribution is 0.0978. The quantitative estimate of drug-likeness (QED) is 0.771. The van der Waals surface area contributed by atoms with Gasteiger partial charge >= 0.3 is 0 Å². The average Bonchev–Trinajstić information content (AvgIpc) is 2.80. The summed E-state index contributed by atoms with van der Waals surface area (Å²) in [6, 6.07) is 3.87. The number of thioether (sulfide) groups is 1. The molecule has 0 bridgehead atoms. The van der Waals surface area contributed by atoms with Crippen molar-refractivity contribution in [3.05, 3.63) is 22.4 Å². The van der Waals surface area contributed by atoms with Gasteiger partial charge in [-0.1, -0.05) is 19.9 Å². The van der Waals surface area contributed by atoms with Crippen LogP contribution in [-0.2, 0) is 0 Å². The molecule has 0 radical (unpaired) electrons. The van der Waals surface area contributed by atoms with Crippen LogP contribution in [0.25, 0.3) is 0 Å². The molecule has 0 aromatic carbocycles. The molecule has 18 heavy (non-hydrogen) atoms. The van der Waals surface area contributed by atoms with Gasteiger partial charge in [-0.15, -0.1) is 11.3 Å². The van der Waals surface area contributed by atoms with Gasteiger partial charge in [-0.2, -0.15) is 11.8 Å². The topological polar surface area (TPSA) is 20.3 Å². The summed E-state index contributed by atoms with van der Waals surface area (Å²) in [5.74, 6) is 0.303. The molecular weight excluding hydrogens is 262 g/mol. The summed E-state index contributed by atoms with van der Waals surface area (Å²) < 4.78 is 0. The van der Waals surface area contributed by atoms with E-state index in [0.29, 0.717) is 12.2 Å². The summed E-state index contributed by atoms with van der Waals surface area (Å²) in [5.41, 5.74) is 0. The lowest BCUT2D eigenvalue weighted by atomic mass is 10.2. The Morgan fingerprint density at radius 1 is 1.39 bits per heavy atom. The van der Waals surface area contributed by atoms with Gasteiger partial charge in [0.25, 0.3) is 0 Å². The maximum absolute atomic E-state index is 11.9. The maximum atomic E-state index is 11.9. The summed E-state index contributed by atoms with van der Waals surface area (Å²) >= 11 is 3.63. The number of carbonyl (C=O) groups is 1. The molecule has 100 valence electrons. The van der Waals surface area contributed by atoms with Crippen molar-refractivity contribution in [2.75, 3.05) is 19.6 Å². The molecule has 0 aliphatic carbocycles. The van der Waals surface area contributed by atoms with Gasteiger partial charge in [0.2, 0.25) is 0 Å². The molecule has 4 heteroatoms. The van der Waals surface area contributed by atoms with Crippen molar-refractivity contribution in [3.8, 4) is 0 Å². The van der Waals surface area contributed by atoms with E-state index in [1.54, 1.807) is 11.3 Å². The number of ketones is 1. The maximum Gasteiger partial charge on any atom is 0.172 e. The van der Waals surface area contributed by atoms with Crippen LogP contribution in [-0.4, -0.2) is 40.8 Å². The van der Waals surface area contributed by atoms with Gasteiger partial charge in [-0.25, -0.2) is 0 Å². The van der Waals surface area contributed by atoms with Crippen molar-refractivity contribution in [2.24, 2.45) is 0 Å². The highest BCUT2D eigenvalue weighted by atomic mass is 32.2. The van der Waals surface area contributed by atoms with E-state index < -0.39 is 0 Å². The van der Waals surface area contributed by atoms with E-state index in [4.69, 9.17) is 0 Å². The monoisotopic (exact) mass is 283 g/mol. The Bertz CT molecular complexity index is 367. The summed E-state index contributed by atoms with van der Waals surface area (Å²) in [7, 11) is 0.